The van der Waals surface area contributed by atoms with E-state index in [1.165, 1.54) is 11.1 Å². The average Bonchev–Trinajstić information content (AvgIpc) is 2.64. The van der Waals surface area contributed by atoms with Crippen LogP contribution in [0.2, 0.25) is 0 Å². The van der Waals surface area contributed by atoms with Crippen molar-refractivity contribution in [1.82, 2.24) is 4.90 Å². The van der Waals surface area contributed by atoms with Crippen LogP contribution in [0.4, 0.5) is 0 Å². The van der Waals surface area contributed by atoms with E-state index in [9.17, 15) is 0 Å². The second-order valence-electron chi connectivity index (χ2n) is 6.55. The van der Waals surface area contributed by atoms with Crippen molar-refractivity contribution in [3.05, 3.63) is 82.8 Å². The van der Waals surface area contributed by atoms with Gasteiger partial charge in [0, 0.05) is 19.7 Å². The highest BCUT2D eigenvalue weighted by molar-refractivity contribution is 7.84. The van der Waals surface area contributed by atoms with E-state index in [1.807, 2.05) is 6.92 Å². The van der Waals surface area contributed by atoms with Gasteiger partial charge in [0.25, 0.3) is 0 Å². The van der Waals surface area contributed by atoms with Crippen molar-refractivity contribution in [3.63, 3.8) is 0 Å². The van der Waals surface area contributed by atoms with Crippen molar-refractivity contribution >= 4 is 12.6 Å². The van der Waals surface area contributed by atoms with E-state index in [1.54, 1.807) is 0 Å². The lowest BCUT2D eigenvalue weighted by Crippen LogP contribution is -2.53. The zero-order chi connectivity index (χ0) is 17.5. The number of nitrogens with zero attached hydrogens (tertiary/aromatic N) is 1. The first-order chi connectivity index (χ1) is 12.3. The molecule has 3 rings (SSSR count). The Bertz CT molecular complexity index is 625. The van der Waals surface area contributed by atoms with Crippen LogP contribution in [0.1, 0.15) is 36.9 Å². The molecule has 132 valence electrons. The van der Waals surface area contributed by atoms with Crippen molar-refractivity contribution in [1.29, 1.82) is 0 Å². The second kappa shape index (κ2) is 9.23. The Kier molecular flexibility index (Phi) is 6.74. The van der Waals surface area contributed by atoms with E-state index in [0.717, 1.165) is 37.4 Å². The van der Waals surface area contributed by atoms with E-state index < -0.39 is 0 Å². The molecular formula is C22H27NOS. The molecule has 0 aliphatic carbocycles. The highest BCUT2D eigenvalue weighted by Gasteiger charge is 2.34. The normalized spacial score (nSPS) is 16.2. The molecule has 0 atom stereocenters. The minimum Gasteiger partial charge on any atom is -0.376 e. The van der Waals surface area contributed by atoms with E-state index in [2.05, 4.69) is 84.3 Å². The Morgan fingerprint density at radius 3 is 2.16 bits per heavy atom. The molecule has 1 aliphatic rings. The maximum atomic E-state index is 6.02. The minimum atomic E-state index is 0.314. The summed E-state index contributed by atoms with van der Waals surface area (Å²) >= 11 is 4.41. The third-order valence-corrected chi connectivity index (χ3v) is 5.22. The van der Waals surface area contributed by atoms with Crippen LogP contribution >= 0.6 is 12.6 Å². The van der Waals surface area contributed by atoms with Crippen molar-refractivity contribution in [2.75, 3.05) is 19.7 Å². The molecule has 0 amide bonds. The Hall–Kier alpha value is -1.55. The number of likely N-dealkylation sites (tertiary alicyclic amines) is 1. The molecule has 0 bridgehead atoms. The lowest BCUT2D eigenvalue weighted by atomic mass is 9.94. The molecule has 1 aliphatic heterocycles. The Labute approximate surface area is 156 Å². The van der Waals surface area contributed by atoms with Gasteiger partial charge in [-0.05, 0) is 35.8 Å². The van der Waals surface area contributed by atoms with E-state index >= 15 is 0 Å². The fourth-order valence-corrected chi connectivity index (χ4v) is 3.48. The number of hydrogen-bond donors (Lipinski definition) is 1. The first-order valence-corrected chi connectivity index (χ1v) is 9.52. The fraction of sp³-hybridized carbons (Fsp3) is 0.364. The molecule has 1 fully saturated rings. The number of rotatable bonds is 8. The van der Waals surface area contributed by atoms with Gasteiger partial charge in [-0.3, -0.25) is 4.90 Å². The molecule has 1 heterocycles. The SMILES string of the molecule is C/C=C(\S)CCCOC1CN(C(c2ccccc2)c2ccccc2)C1. The molecule has 2 nitrogen and oxygen atoms in total. The smallest absolute Gasteiger partial charge is 0.0829 e. The molecule has 0 aromatic heterocycles. The van der Waals surface area contributed by atoms with Crippen LogP contribution in [0.5, 0.6) is 0 Å². The summed E-state index contributed by atoms with van der Waals surface area (Å²) in [5.41, 5.74) is 2.69. The van der Waals surface area contributed by atoms with Crippen molar-refractivity contribution < 1.29 is 4.74 Å². The van der Waals surface area contributed by atoms with Gasteiger partial charge < -0.3 is 4.74 Å². The van der Waals surface area contributed by atoms with Gasteiger partial charge in [-0.1, -0.05) is 66.7 Å². The molecular weight excluding hydrogens is 326 g/mol. The molecule has 2 aromatic carbocycles. The molecule has 0 unspecified atom stereocenters. The zero-order valence-electron chi connectivity index (χ0n) is 14.8. The highest BCUT2D eigenvalue weighted by atomic mass is 32.1. The number of allylic oxidation sites excluding steroid dienone is 2. The maximum Gasteiger partial charge on any atom is 0.0829 e. The lowest BCUT2D eigenvalue weighted by molar-refractivity contribution is -0.0668. The van der Waals surface area contributed by atoms with Gasteiger partial charge in [-0.2, -0.15) is 0 Å². The number of ether oxygens (including phenoxy) is 1. The molecule has 3 heteroatoms. The first kappa shape index (κ1) is 18.2. The van der Waals surface area contributed by atoms with Gasteiger partial charge >= 0.3 is 0 Å². The summed E-state index contributed by atoms with van der Waals surface area (Å²) in [5.74, 6) is 0. The Balaban J connectivity index is 1.56. The van der Waals surface area contributed by atoms with E-state index in [0.29, 0.717) is 12.1 Å². The second-order valence-corrected chi connectivity index (χ2v) is 7.13. The number of benzene rings is 2. The summed E-state index contributed by atoms with van der Waals surface area (Å²) in [5, 5.41) is 0. The third kappa shape index (κ3) is 4.97. The fourth-order valence-electron chi connectivity index (χ4n) is 3.32. The van der Waals surface area contributed by atoms with Crippen molar-refractivity contribution in [2.24, 2.45) is 0 Å². The van der Waals surface area contributed by atoms with Gasteiger partial charge in [-0.25, -0.2) is 0 Å². The quantitative estimate of drug-likeness (QED) is 0.524. The zero-order valence-corrected chi connectivity index (χ0v) is 15.7. The van der Waals surface area contributed by atoms with Crippen molar-refractivity contribution in [3.8, 4) is 0 Å². The topological polar surface area (TPSA) is 12.5 Å². The van der Waals surface area contributed by atoms with E-state index in [4.69, 9.17) is 4.74 Å². The average molecular weight is 354 g/mol. The summed E-state index contributed by atoms with van der Waals surface area (Å²) in [7, 11) is 0. The molecule has 2 aromatic rings. The van der Waals surface area contributed by atoms with Crippen LogP contribution in [0.3, 0.4) is 0 Å². The minimum absolute atomic E-state index is 0.314. The summed E-state index contributed by atoms with van der Waals surface area (Å²) in [6.07, 6.45) is 4.45. The van der Waals surface area contributed by atoms with Crippen LogP contribution in [0.25, 0.3) is 0 Å². The summed E-state index contributed by atoms with van der Waals surface area (Å²) in [4.78, 5) is 3.65. The van der Waals surface area contributed by atoms with Crippen LogP contribution in [0, 0.1) is 0 Å². The van der Waals surface area contributed by atoms with Crippen LogP contribution in [0.15, 0.2) is 71.6 Å². The lowest BCUT2D eigenvalue weighted by Gasteiger charge is -2.44. The monoisotopic (exact) mass is 353 g/mol. The Morgan fingerprint density at radius 2 is 1.64 bits per heavy atom. The summed E-state index contributed by atoms with van der Waals surface area (Å²) in [6.45, 7) is 4.83. The molecule has 0 saturated carbocycles. The first-order valence-electron chi connectivity index (χ1n) is 9.07. The van der Waals surface area contributed by atoms with Crippen molar-refractivity contribution in [2.45, 2.75) is 31.9 Å². The van der Waals surface area contributed by atoms with Crippen LogP contribution < -0.4 is 0 Å². The predicted octanol–water partition coefficient (Wildman–Crippen LogP) is 5.09. The standard InChI is InChI=1S/C22H27NOS/c1-2-21(25)14-9-15-24-20-16-23(17-20)22(18-10-5-3-6-11-18)19-12-7-4-8-13-19/h2-8,10-13,20,22,25H,9,14-17H2,1H3/b21-2-. The number of hydrogen-bond acceptors (Lipinski definition) is 3. The number of thiol groups is 1. The predicted molar refractivity (Wildman–Crippen MR) is 108 cm³/mol. The van der Waals surface area contributed by atoms with E-state index in [-0.39, 0.29) is 0 Å². The highest BCUT2D eigenvalue weighted by Crippen LogP contribution is 2.33. The van der Waals surface area contributed by atoms with Gasteiger partial charge in [0.1, 0.15) is 0 Å². The van der Waals surface area contributed by atoms with Gasteiger partial charge in [0.05, 0.1) is 12.1 Å². The molecule has 1 saturated heterocycles. The Morgan fingerprint density at radius 1 is 1.08 bits per heavy atom. The largest absolute Gasteiger partial charge is 0.376 e. The van der Waals surface area contributed by atoms with Gasteiger partial charge in [0.15, 0.2) is 0 Å². The van der Waals surface area contributed by atoms with Gasteiger partial charge in [-0.15, -0.1) is 12.6 Å². The molecule has 0 spiro atoms. The van der Waals surface area contributed by atoms with Crippen LogP contribution in [-0.2, 0) is 4.74 Å². The van der Waals surface area contributed by atoms with Gasteiger partial charge in [0.2, 0.25) is 0 Å². The maximum absolute atomic E-state index is 6.02. The molecule has 0 N–H and O–H groups in total. The summed E-state index contributed by atoms with van der Waals surface area (Å²) < 4.78 is 6.02. The molecule has 25 heavy (non-hydrogen) atoms. The summed E-state index contributed by atoms with van der Waals surface area (Å²) in [6, 6.07) is 21.8. The molecule has 0 radical (unpaired) electrons. The van der Waals surface area contributed by atoms with Crippen LogP contribution in [-0.4, -0.2) is 30.7 Å². The third-order valence-electron chi connectivity index (χ3n) is 4.74.